The molecule has 1 aromatic carbocycles. The van der Waals surface area contributed by atoms with Crippen LogP contribution in [0.4, 0.5) is 11.4 Å². The number of benzene rings is 1. The fourth-order valence-corrected chi connectivity index (χ4v) is 1.81. The fourth-order valence-electron chi connectivity index (χ4n) is 1.81. The van der Waals surface area contributed by atoms with Crippen molar-refractivity contribution in [3.63, 3.8) is 0 Å². The Hall–Kier alpha value is -2.35. The van der Waals surface area contributed by atoms with Crippen LogP contribution in [-0.4, -0.2) is 61.7 Å². The maximum absolute atomic E-state index is 11.1. The fraction of sp³-hybridized carbons (Fsp3) is 0.462. The zero-order valence-electron chi connectivity index (χ0n) is 12.3. The Kier molecular flexibility index (Phi) is 5.92. The molecule has 0 unspecified atom stereocenters. The molecule has 116 valence electrons. The van der Waals surface area contributed by atoms with Crippen LogP contribution in [0.5, 0.6) is 5.75 Å². The standard InChI is InChI=1S/C13H19N3O5/c1-14(2)6-7-15(9-13(17)18)12-8-10(21-3)4-5-11(12)16(19)20/h4-5,8H,6-7,9H2,1-3H3,(H,17,18). The van der Waals surface area contributed by atoms with Crippen molar-refractivity contribution in [2.24, 2.45) is 0 Å². The zero-order chi connectivity index (χ0) is 16.0. The van der Waals surface area contributed by atoms with Crippen molar-refractivity contribution < 1.29 is 19.6 Å². The van der Waals surface area contributed by atoms with Crippen LogP contribution in [0, 0.1) is 10.1 Å². The van der Waals surface area contributed by atoms with E-state index in [0.29, 0.717) is 18.8 Å². The Morgan fingerprint density at radius 1 is 1.38 bits per heavy atom. The number of hydrogen-bond acceptors (Lipinski definition) is 6. The van der Waals surface area contributed by atoms with E-state index in [2.05, 4.69) is 0 Å². The van der Waals surface area contributed by atoms with Gasteiger partial charge in [0.2, 0.25) is 0 Å². The Balaban J connectivity index is 3.19. The summed E-state index contributed by atoms with van der Waals surface area (Å²) in [5.41, 5.74) is 0.0967. The largest absolute Gasteiger partial charge is 0.497 e. The first-order valence-electron chi connectivity index (χ1n) is 6.29. The summed E-state index contributed by atoms with van der Waals surface area (Å²) in [6.45, 7) is 0.608. The smallest absolute Gasteiger partial charge is 0.323 e. The number of aliphatic carboxylic acids is 1. The molecule has 21 heavy (non-hydrogen) atoms. The first-order chi connectivity index (χ1) is 9.85. The third-order valence-electron chi connectivity index (χ3n) is 2.86. The van der Waals surface area contributed by atoms with E-state index in [4.69, 9.17) is 9.84 Å². The van der Waals surface area contributed by atoms with Crippen LogP contribution in [0.2, 0.25) is 0 Å². The number of hydrogen-bond donors (Lipinski definition) is 1. The minimum Gasteiger partial charge on any atom is -0.497 e. The molecule has 8 heteroatoms. The van der Waals surface area contributed by atoms with E-state index in [1.54, 1.807) is 0 Å². The average molecular weight is 297 g/mol. The van der Waals surface area contributed by atoms with Gasteiger partial charge in [0, 0.05) is 25.2 Å². The quantitative estimate of drug-likeness (QED) is 0.566. The van der Waals surface area contributed by atoms with E-state index in [9.17, 15) is 14.9 Å². The maximum atomic E-state index is 11.1. The molecule has 0 fully saturated rings. The highest BCUT2D eigenvalue weighted by Gasteiger charge is 2.22. The molecule has 0 heterocycles. The summed E-state index contributed by atoms with van der Waals surface area (Å²) in [5.74, 6) is -0.610. The van der Waals surface area contributed by atoms with Gasteiger partial charge >= 0.3 is 5.97 Å². The molecule has 0 saturated heterocycles. The highest BCUT2D eigenvalue weighted by atomic mass is 16.6. The van der Waals surface area contributed by atoms with E-state index >= 15 is 0 Å². The molecule has 0 aliphatic rings. The molecule has 0 bridgehead atoms. The SMILES string of the molecule is COc1ccc([N+](=O)[O-])c(N(CCN(C)C)CC(=O)O)c1. The lowest BCUT2D eigenvalue weighted by Gasteiger charge is -2.24. The number of methoxy groups -OCH3 is 1. The lowest BCUT2D eigenvalue weighted by molar-refractivity contribution is -0.384. The molecule has 0 atom stereocenters. The Morgan fingerprint density at radius 2 is 2.05 bits per heavy atom. The van der Waals surface area contributed by atoms with Gasteiger partial charge in [-0.1, -0.05) is 0 Å². The molecule has 0 amide bonds. The van der Waals surface area contributed by atoms with E-state index in [1.165, 1.54) is 30.2 Å². The van der Waals surface area contributed by atoms with E-state index in [1.807, 2.05) is 19.0 Å². The maximum Gasteiger partial charge on any atom is 0.323 e. The monoisotopic (exact) mass is 297 g/mol. The summed E-state index contributed by atoms with van der Waals surface area (Å²) >= 11 is 0. The van der Waals surface area contributed by atoms with Gasteiger partial charge in [0.25, 0.3) is 5.69 Å². The zero-order valence-corrected chi connectivity index (χ0v) is 12.3. The van der Waals surface area contributed by atoms with Crippen LogP contribution in [0.25, 0.3) is 0 Å². The number of carboxylic acid groups (broad SMARTS) is 1. The van der Waals surface area contributed by atoms with E-state index in [0.717, 1.165) is 0 Å². The van der Waals surface area contributed by atoms with E-state index in [-0.39, 0.29) is 17.9 Å². The highest BCUT2D eigenvalue weighted by Crippen LogP contribution is 2.32. The Bertz CT molecular complexity index is 519. The van der Waals surface area contributed by atoms with Gasteiger partial charge in [-0.3, -0.25) is 14.9 Å². The van der Waals surface area contributed by atoms with E-state index < -0.39 is 10.9 Å². The van der Waals surface area contributed by atoms with Gasteiger partial charge in [-0.2, -0.15) is 0 Å². The Morgan fingerprint density at radius 3 is 2.52 bits per heavy atom. The lowest BCUT2D eigenvalue weighted by Crippen LogP contribution is -2.36. The van der Waals surface area contributed by atoms with Crippen molar-refractivity contribution in [1.29, 1.82) is 0 Å². The number of ether oxygens (including phenoxy) is 1. The third-order valence-corrected chi connectivity index (χ3v) is 2.86. The summed E-state index contributed by atoms with van der Waals surface area (Å²) < 4.78 is 5.06. The second-order valence-electron chi connectivity index (χ2n) is 4.73. The van der Waals surface area contributed by atoms with Crippen LogP contribution in [0.1, 0.15) is 0 Å². The van der Waals surface area contributed by atoms with Crippen LogP contribution >= 0.6 is 0 Å². The van der Waals surface area contributed by atoms with Crippen molar-refractivity contribution in [3.8, 4) is 5.75 Å². The summed E-state index contributed by atoms with van der Waals surface area (Å²) in [5, 5.41) is 20.1. The summed E-state index contributed by atoms with van der Waals surface area (Å²) in [4.78, 5) is 24.9. The third kappa shape index (κ3) is 4.92. The number of anilines is 1. The summed E-state index contributed by atoms with van der Waals surface area (Å²) in [6.07, 6.45) is 0. The minimum absolute atomic E-state index is 0.143. The van der Waals surface area contributed by atoms with Gasteiger partial charge in [0.1, 0.15) is 18.0 Å². The molecule has 0 aliphatic heterocycles. The number of carboxylic acids is 1. The van der Waals surface area contributed by atoms with Gasteiger partial charge < -0.3 is 19.6 Å². The molecule has 0 aromatic heterocycles. The van der Waals surface area contributed by atoms with Crippen molar-refractivity contribution >= 4 is 17.3 Å². The number of rotatable bonds is 8. The van der Waals surface area contributed by atoms with Crippen LogP contribution in [0.3, 0.4) is 0 Å². The minimum atomic E-state index is -1.05. The summed E-state index contributed by atoms with van der Waals surface area (Å²) in [6, 6.07) is 4.28. The van der Waals surface area contributed by atoms with Crippen molar-refractivity contribution in [2.45, 2.75) is 0 Å². The van der Waals surface area contributed by atoms with Gasteiger partial charge in [0.15, 0.2) is 0 Å². The lowest BCUT2D eigenvalue weighted by atomic mass is 10.2. The molecule has 8 nitrogen and oxygen atoms in total. The predicted octanol–water partition coefficient (Wildman–Crippen LogP) is 1.06. The number of nitro benzene ring substituents is 1. The first-order valence-corrected chi connectivity index (χ1v) is 6.29. The van der Waals surface area contributed by atoms with Gasteiger partial charge in [-0.15, -0.1) is 0 Å². The number of nitro groups is 1. The highest BCUT2D eigenvalue weighted by molar-refractivity contribution is 5.76. The molecule has 0 aliphatic carbocycles. The topological polar surface area (TPSA) is 96.2 Å². The predicted molar refractivity (Wildman–Crippen MR) is 78.1 cm³/mol. The number of carbonyl (C=O) groups is 1. The summed E-state index contributed by atoms with van der Waals surface area (Å²) in [7, 11) is 5.14. The molecular formula is C13H19N3O5. The molecule has 1 N–H and O–H groups in total. The van der Waals surface area contributed by atoms with Crippen molar-refractivity contribution in [2.75, 3.05) is 45.7 Å². The van der Waals surface area contributed by atoms with Gasteiger partial charge in [0.05, 0.1) is 12.0 Å². The van der Waals surface area contributed by atoms with Crippen LogP contribution in [0.15, 0.2) is 18.2 Å². The van der Waals surface area contributed by atoms with Gasteiger partial charge in [-0.25, -0.2) is 0 Å². The number of nitrogens with zero attached hydrogens (tertiary/aromatic N) is 3. The molecule has 1 aromatic rings. The molecule has 0 saturated carbocycles. The molecular weight excluding hydrogens is 278 g/mol. The molecule has 0 spiro atoms. The van der Waals surface area contributed by atoms with Crippen molar-refractivity contribution in [1.82, 2.24) is 4.90 Å². The molecule has 1 rings (SSSR count). The van der Waals surface area contributed by atoms with Crippen molar-refractivity contribution in [3.05, 3.63) is 28.3 Å². The van der Waals surface area contributed by atoms with Crippen LogP contribution < -0.4 is 9.64 Å². The van der Waals surface area contributed by atoms with Crippen LogP contribution in [-0.2, 0) is 4.79 Å². The second kappa shape index (κ2) is 7.44. The van der Waals surface area contributed by atoms with Gasteiger partial charge in [-0.05, 0) is 20.2 Å². The second-order valence-corrected chi connectivity index (χ2v) is 4.73. The average Bonchev–Trinajstić information content (AvgIpc) is 2.42. The Labute approximate surface area is 122 Å². The first kappa shape index (κ1) is 16.7. The number of likely N-dealkylation sites (N-methyl/N-ethyl adjacent to an activating group) is 1. The molecule has 0 radical (unpaired) electrons. The normalized spacial score (nSPS) is 10.5.